The van der Waals surface area contributed by atoms with Crippen LogP contribution in [0.3, 0.4) is 0 Å². The number of nitrogens with one attached hydrogen (secondary N) is 1. The van der Waals surface area contributed by atoms with Gasteiger partial charge in [0.2, 0.25) is 0 Å². The molecule has 1 unspecified atom stereocenters. The molecule has 0 radical (unpaired) electrons. The summed E-state index contributed by atoms with van der Waals surface area (Å²) in [5.74, 6) is 1.58. The zero-order chi connectivity index (χ0) is 14.4. The molecule has 20 heavy (non-hydrogen) atoms. The highest BCUT2D eigenvalue weighted by Crippen LogP contribution is 2.18. The number of aromatic nitrogens is 1. The third-order valence-electron chi connectivity index (χ3n) is 3.14. The molecule has 1 aromatic carbocycles. The third kappa shape index (κ3) is 4.10. The normalized spacial score (nSPS) is 12.3. The quantitative estimate of drug-likeness (QED) is 0.837. The van der Waals surface area contributed by atoms with Gasteiger partial charge in [0.1, 0.15) is 12.4 Å². The smallest absolute Gasteiger partial charge is 0.174 e. The number of benzene rings is 1. The topological polar surface area (TPSA) is 47.3 Å². The van der Waals surface area contributed by atoms with Crippen LogP contribution < -0.4 is 10.1 Å². The second-order valence-corrected chi connectivity index (χ2v) is 4.97. The molecule has 108 valence electrons. The van der Waals surface area contributed by atoms with Gasteiger partial charge >= 0.3 is 0 Å². The number of aryl methyl sites for hydroxylation is 1. The van der Waals surface area contributed by atoms with E-state index in [-0.39, 0.29) is 0 Å². The Bertz CT molecular complexity index is 520. The largest absolute Gasteiger partial charge is 0.486 e. The van der Waals surface area contributed by atoms with E-state index in [9.17, 15) is 0 Å². The van der Waals surface area contributed by atoms with E-state index < -0.39 is 0 Å². The fourth-order valence-electron chi connectivity index (χ4n) is 1.97. The average molecular weight is 274 g/mol. The average Bonchev–Trinajstić information content (AvgIpc) is 2.89. The number of hydrogen-bond acceptors (Lipinski definition) is 4. The molecule has 0 aliphatic heterocycles. The Labute approximate surface area is 120 Å². The van der Waals surface area contributed by atoms with Gasteiger partial charge in [-0.1, -0.05) is 24.2 Å². The molecule has 2 aromatic rings. The summed E-state index contributed by atoms with van der Waals surface area (Å²) in [4.78, 5) is 0. The highest BCUT2D eigenvalue weighted by atomic mass is 16.5. The predicted molar refractivity (Wildman–Crippen MR) is 78.7 cm³/mol. The number of ether oxygens (including phenoxy) is 1. The zero-order valence-corrected chi connectivity index (χ0v) is 12.3. The van der Waals surface area contributed by atoms with Gasteiger partial charge in [-0.2, -0.15) is 0 Å². The minimum absolute atomic E-state index is 0.362. The molecule has 1 atom stereocenters. The highest BCUT2D eigenvalue weighted by molar-refractivity contribution is 5.29. The molecule has 1 aromatic heterocycles. The summed E-state index contributed by atoms with van der Waals surface area (Å²) in [5, 5.41) is 7.30. The molecule has 1 N–H and O–H groups in total. The molecule has 0 spiro atoms. The molecule has 0 fully saturated rings. The van der Waals surface area contributed by atoms with E-state index in [1.54, 1.807) is 0 Å². The maximum Gasteiger partial charge on any atom is 0.174 e. The second kappa shape index (κ2) is 7.10. The van der Waals surface area contributed by atoms with Crippen LogP contribution in [0.4, 0.5) is 0 Å². The van der Waals surface area contributed by atoms with Crippen molar-refractivity contribution < 1.29 is 9.26 Å². The van der Waals surface area contributed by atoms with Crippen LogP contribution in [0.1, 0.15) is 43.3 Å². The van der Waals surface area contributed by atoms with E-state index >= 15 is 0 Å². The van der Waals surface area contributed by atoms with Gasteiger partial charge < -0.3 is 14.6 Å². The predicted octanol–water partition coefficient (Wildman–Crippen LogP) is 3.62. The van der Waals surface area contributed by atoms with Gasteiger partial charge in [-0.25, -0.2) is 0 Å². The molecular formula is C16H22N2O2. The first-order valence-electron chi connectivity index (χ1n) is 7.07. The van der Waals surface area contributed by atoms with Gasteiger partial charge in [0.05, 0.1) is 5.69 Å². The summed E-state index contributed by atoms with van der Waals surface area (Å²) in [6.07, 6.45) is 1.14. The Balaban J connectivity index is 1.87. The van der Waals surface area contributed by atoms with E-state index in [1.807, 2.05) is 25.1 Å². The fraction of sp³-hybridized carbons (Fsp3) is 0.438. The van der Waals surface area contributed by atoms with Crippen LogP contribution in [0.5, 0.6) is 5.75 Å². The molecule has 1 heterocycles. The van der Waals surface area contributed by atoms with Crippen molar-refractivity contribution in [3.63, 3.8) is 0 Å². The van der Waals surface area contributed by atoms with Crippen molar-refractivity contribution in [3.8, 4) is 5.75 Å². The van der Waals surface area contributed by atoms with Crippen LogP contribution in [0.25, 0.3) is 0 Å². The number of rotatable bonds is 7. The SMILES string of the molecule is CCCNC(C)c1ccc(OCc2cc(C)no2)cc1. The molecular weight excluding hydrogens is 252 g/mol. The summed E-state index contributed by atoms with van der Waals surface area (Å²) in [5.41, 5.74) is 2.14. The van der Waals surface area contributed by atoms with Crippen LogP contribution in [-0.4, -0.2) is 11.7 Å². The molecule has 4 heteroatoms. The monoisotopic (exact) mass is 274 g/mol. The third-order valence-corrected chi connectivity index (χ3v) is 3.14. The fourth-order valence-corrected chi connectivity index (χ4v) is 1.97. The van der Waals surface area contributed by atoms with E-state index in [2.05, 4.69) is 36.5 Å². The Hall–Kier alpha value is -1.81. The summed E-state index contributed by atoms with van der Waals surface area (Å²) in [6, 6.07) is 10.4. The summed E-state index contributed by atoms with van der Waals surface area (Å²) >= 11 is 0. The molecule has 0 aliphatic carbocycles. The van der Waals surface area contributed by atoms with E-state index in [0.717, 1.165) is 30.2 Å². The van der Waals surface area contributed by atoms with Crippen LogP contribution in [0.15, 0.2) is 34.9 Å². The zero-order valence-electron chi connectivity index (χ0n) is 12.3. The van der Waals surface area contributed by atoms with Gasteiger partial charge in [0, 0.05) is 12.1 Å². The minimum atomic E-state index is 0.362. The van der Waals surface area contributed by atoms with Crippen molar-refractivity contribution >= 4 is 0 Å². The van der Waals surface area contributed by atoms with Crippen molar-refractivity contribution in [1.29, 1.82) is 0 Å². The minimum Gasteiger partial charge on any atom is -0.486 e. The highest BCUT2D eigenvalue weighted by Gasteiger charge is 2.05. The van der Waals surface area contributed by atoms with Gasteiger partial charge in [-0.15, -0.1) is 0 Å². The van der Waals surface area contributed by atoms with Crippen LogP contribution >= 0.6 is 0 Å². The first-order valence-corrected chi connectivity index (χ1v) is 7.07. The standard InChI is InChI=1S/C16H22N2O2/c1-4-9-17-13(3)14-5-7-15(8-6-14)19-11-16-10-12(2)18-20-16/h5-8,10,13,17H,4,9,11H2,1-3H3. The first-order chi connectivity index (χ1) is 9.69. The van der Waals surface area contributed by atoms with Crippen molar-refractivity contribution in [2.75, 3.05) is 6.54 Å². The lowest BCUT2D eigenvalue weighted by Gasteiger charge is -2.14. The Kier molecular flexibility index (Phi) is 5.18. The van der Waals surface area contributed by atoms with Gasteiger partial charge in [-0.05, 0) is 44.5 Å². The first kappa shape index (κ1) is 14.6. The Morgan fingerprint density at radius 1 is 1.30 bits per heavy atom. The Morgan fingerprint density at radius 2 is 2.05 bits per heavy atom. The van der Waals surface area contributed by atoms with Gasteiger partial charge in [0.25, 0.3) is 0 Å². The maximum atomic E-state index is 5.67. The van der Waals surface area contributed by atoms with Crippen LogP contribution in [-0.2, 0) is 6.61 Å². The molecule has 2 rings (SSSR count). The van der Waals surface area contributed by atoms with Crippen LogP contribution in [0, 0.1) is 6.92 Å². The van der Waals surface area contributed by atoms with Gasteiger partial charge in [-0.3, -0.25) is 0 Å². The Morgan fingerprint density at radius 3 is 2.65 bits per heavy atom. The summed E-state index contributed by atoms with van der Waals surface area (Å²) in [7, 11) is 0. The second-order valence-electron chi connectivity index (χ2n) is 4.97. The number of nitrogens with zero attached hydrogens (tertiary/aromatic N) is 1. The number of hydrogen-bond donors (Lipinski definition) is 1. The molecule has 0 amide bonds. The van der Waals surface area contributed by atoms with Crippen molar-refractivity contribution in [1.82, 2.24) is 10.5 Å². The van der Waals surface area contributed by atoms with Crippen LogP contribution in [0.2, 0.25) is 0 Å². The van der Waals surface area contributed by atoms with Gasteiger partial charge in [0.15, 0.2) is 5.76 Å². The summed E-state index contributed by atoms with van der Waals surface area (Å²) < 4.78 is 10.8. The lowest BCUT2D eigenvalue weighted by Crippen LogP contribution is -2.19. The molecule has 0 saturated carbocycles. The van der Waals surface area contributed by atoms with Crippen molar-refractivity contribution in [3.05, 3.63) is 47.3 Å². The molecule has 0 bridgehead atoms. The lowest BCUT2D eigenvalue weighted by molar-refractivity contribution is 0.248. The van der Waals surface area contributed by atoms with Crippen molar-refractivity contribution in [2.24, 2.45) is 0 Å². The van der Waals surface area contributed by atoms with E-state index in [0.29, 0.717) is 12.6 Å². The molecule has 4 nitrogen and oxygen atoms in total. The molecule has 0 aliphatic rings. The van der Waals surface area contributed by atoms with E-state index in [4.69, 9.17) is 9.26 Å². The molecule has 0 saturated heterocycles. The van der Waals surface area contributed by atoms with Crippen molar-refractivity contribution in [2.45, 2.75) is 39.8 Å². The lowest BCUT2D eigenvalue weighted by atomic mass is 10.1. The maximum absolute atomic E-state index is 5.67. The van der Waals surface area contributed by atoms with E-state index in [1.165, 1.54) is 5.56 Å². The summed E-state index contributed by atoms with van der Waals surface area (Å²) in [6.45, 7) is 7.67.